The van der Waals surface area contributed by atoms with Crippen molar-refractivity contribution in [2.75, 3.05) is 18.4 Å². The van der Waals surface area contributed by atoms with Crippen LogP contribution in [0.3, 0.4) is 0 Å². The number of hydrogen-bond donors (Lipinski definition) is 2. The minimum atomic E-state index is -0.148. The summed E-state index contributed by atoms with van der Waals surface area (Å²) >= 11 is 6.67. The highest BCUT2D eigenvalue weighted by atomic mass is 35.5. The Labute approximate surface area is 196 Å². The Morgan fingerprint density at radius 3 is 2.67 bits per heavy atom. The van der Waals surface area contributed by atoms with E-state index < -0.39 is 0 Å². The van der Waals surface area contributed by atoms with Gasteiger partial charge in [-0.25, -0.2) is 9.97 Å². The van der Waals surface area contributed by atoms with Gasteiger partial charge in [-0.3, -0.25) is 14.3 Å². The second kappa shape index (κ2) is 10.1. The first-order chi connectivity index (χ1) is 16.0. The van der Waals surface area contributed by atoms with Crippen molar-refractivity contribution in [3.8, 4) is 22.4 Å². The lowest BCUT2D eigenvalue weighted by atomic mass is 10.0. The molecule has 0 saturated heterocycles. The van der Waals surface area contributed by atoms with Gasteiger partial charge in [-0.1, -0.05) is 23.7 Å². The van der Waals surface area contributed by atoms with Crippen molar-refractivity contribution in [1.82, 2.24) is 24.5 Å². The molecule has 4 rings (SSSR count). The van der Waals surface area contributed by atoms with Crippen LogP contribution in [-0.2, 0) is 6.54 Å². The van der Waals surface area contributed by atoms with Crippen molar-refractivity contribution in [3.63, 3.8) is 0 Å². The summed E-state index contributed by atoms with van der Waals surface area (Å²) in [5, 5.41) is 4.34. The van der Waals surface area contributed by atoms with Gasteiger partial charge in [-0.15, -0.1) is 0 Å². The average Bonchev–Trinajstić information content (AvgIpc) is 2.81. The molecule has 8 nitrogen and oxygen atoms in total. The van der Waals surface area contributed by atoms with Crippen LogP contribution in [-0.4, -0.2) is 37.6 Å². The van der Waals surface area contributed by atoms with Gasteiger partial charge < -0.3 is 11.1 Å². The van der Waals surface area contributed by atoms with E-state index in [-0.39, 0.29) is 5.56 Å². The molecule has 0 spiro atoms. The zero-order valence-electron chi connectivity index (χ0n) is 18.7. The third-order valence-electron chi connectivity index (χ3n) is 5.31. The van der Waals surface area contributed by atoms with Gasteiger partial charge in [-0.05, 0) is 45.4 Å². The lowest BCUT2D eigenvalue weighted by Gasteiger charge is -2.14. The number of nitrogens with one attached hydrogen (secondary N) is 1. The third kappa shape index (κ3) is 4.86. The molecular formula is C24H26ClN7O. The molecule has 3 aromatic heterocycles. The molecule has 0 unspecified atom stereocenters. The van der Waals surface area contributed by atoms with Crippen molar-refractivity contribution in [2.45, 2.75) is 33.2 Å². The standard InChI is InChI=1S/C24H26ClN7O/c1-3-28-24-29-13-17-10-19(23(33)32(22(17)31-24)9-5-4-8-26)18-7-6-16(11-20(18)25)21-14-27-12-15(2)30-21/h6-7,10-14H,3-5,8-9,26H2,1-2H3,(H,28,29,31). The molecule has 0 saturated carbocycles. The number of aryl methyl sites for hydroxylation is 2. The SMILES string of the molecule is CCNc1ncc2cc(-c3ccc(-c4cncc(C)n4)cc3Cl)c(=O)n(CCCCN)c2n1. The number of benzene rings is 1. The summed E-state index contributed by atoms with van der Waals surface area (Å²) in [5.41, 5.74) is 9.65. The van der Waals surface area contributed by atoms with E-state index >= 15 is 0 Å². The van der Waals surface area contributed by atoms with Gasteiger partial charge in [0, 0.05) is 52.6 Å². The molecule has 0 radical (unpaired) electrons. The first kappa shape index (κ1) is 22.8. The summed E-state index contributed by atoms with van der Waals surface area (Å²) in [6.45, 7) is 5.63. The number of halogens is 1. The zero-order valence-corrected chi connectivity index (χ0v) is 19.4. The highest BCUT2D eigenvalue weighted by Crippen LogP contribution is 2.31. The summed E-state index contributed by atoms with van der Waals surface area (Å²) < 4.78 is 1.69. The molecule has 0 aliphatic carbocycles. The second-order valence-corrected chi connectivity index (χ2v) is 8.16. The Morgan fingerprint density at radius 2 is 1.94 bits per heavy atom. The van der Waals surface area contributed by atoms with Gasteiger partial charge in [0.25, 0.3) is 5.56 Å². The molecule has 0 fully saturated rings. The van der Waals surface area contributed by atoms with Gasteiger partial charge in [0.05, 0.1) is 17.6 Å². The number of pyridine rings is 1. The topological polar surface area (TPSA) is 112 Å². The van der Waals surface area contributed by atoms with Crippen molar-refractivity contribution in [2.24, 2.45) is 5.73 Å². The fraction of sp³-hybridized carbons (Fsp3) is 0.292. The Kier molecular flexibility index (Phi) is 6.96. The Bertz CT molecular complexity index is 1350. The molecule has 0 atom stereocenters. The molecule has 9 heteroatoms. The molecule has 0 aliphatic heterocycles. The maximum Gasteiger partial charge on any atom is 0.260 e. The maximum atomic E-state index is 13.6. The van der Waals surface area contributed by atoms with E-state index in [9.17, 15) is 4.79 Å². The fourth-order valence-corrected chi connectivity index (χ4v) is 3.99. The summed E-state index contributed by atoms with van der Waals surface area (Å²) in [7, 11) is 0. The smallest absolute Gasteiger partial charge is 0.260 e. The number of aromatic nitrogens is 5. The van der Waals surface area contributed by atoms with Crippen molar-refractivity contribution >= 4 is 28.6 Å². The van der Waals surface area contributed by atoms with Crippen LogP contribution in [0.15, 0.2) is 47.7 Å². The molecule has 0 amide bonds. The number of nitrogens with zero attached hydrogens (tertiary/aromatic N) is 5. The minimum absolute atomic E-state index is 0.148. The highest BCUT2D eigenvalue weighted by molar-refractivity contribution is 6.33. The van der Waals surface area contributed by atoms with Gasteiger partial charge in [0.1, 0.15) is 5.65 Å². The summed E-state index contributed by atoms with van der Waals surface area (Å²) in [4.78, 5) is 31.2. The molecule has 0 bridgehead atoms. The van der Waals surface area contributed by atoms with Crippen LogP contribution >= 0.6 is 11.6 Å². The van der Waals surface area contributed by atoms with Crippen LogP contribution in [0.1, 0.15) is 25.5 Å². The van der Waals surface area contributed by atoms with Crippen LogP contribution in [0.5, 0.6) is 0 Å². The van der Waals surface area contributed by atoms with E-state index in [4.69, 9.17) is 17.3 Å². The highest BCUT2D eigenvalue weighted by Gasteiger charge is 2.16. The Balaban J connectivity index is 1.84. The van der Waals surface area contributed by atoms with Gasteiger partial charge in [0.15, 0.2) is 0 Å². The molecule has 170 valence electrons. The summed E-state index contributed by atoms with van der Waals surface area (Å²) in [6, 6.07) is 7.37. The van der Waals surface area contributed by atoms with Crippen LogP contribution in [0, 0.1) is 6.92 Å². The number of fused-ring (bicyclic) bond motifs is 1. The van der Waals surface area contributed by atoms with E-state index in [1.165, 1.54) is 0 Å². The van der Waals surface area contributed by atoms with Gasteiger partial charge in [0.2, 0.25) is 5.95 Å². The number of anilines is 1. The van der Waals surface area contributed by atoms with Crippen LogP contribution in [0.4, 0.5) is 5.95 Å². The zero-order chi connectivity index (χ0) is 23.4. The number of unbranched alkanes of at least 4 members (excludes halogenated alkanes) is 1. The Morgan fingerprint density at radius 1 is 1.09 bits per heavy atom. The molecule has 3 N–H and O–H groups in total. The quantitative estimate of drug-likeness (QED) is 0.379. The van der Waals surface area contributed by atoms with E-state index in [2.05, 4.69) is 25.3 Å². The lowest BCUT2D eigenvalue weighted by molar-refractivity contribution is 0.611. The van der Waals surface area contributed by atoms with E-state index in [1.54, 1.807) is 29.2 Å². The predicted octanol–water partition coefficient (Wildman–Crippen LogP) is 4.05. The largest absolute Gasteiger partial charge is 0.354 e. The van der Waals surface area contributed by atoms with Crippen molar-refractivity contribution in [1.29, 1.82) is 0 Å². The molecule has 4 aromatic rings. The summed E-state index contributed by atoms with van der Waals surface area (Å²) in [5.74, 6) is 0.492. The fourth-order valence-electron chi connectivity index (χ4n) is 3.71. The Hall–Kier alpha value is -3.36. The molecular weight excluding hydrogens is 438 g/mol. The second-order valence-electron chi connectivity index (χ2n) is 7.75. The molecule has 0 aliphatic rings. The molecule has 33 heavy (non-hydrogen) atoms. The van der Waals surface area contributed by atoms with Gasteiger partial charge >= 0.3 is 0 Å². The predicted molar refractivity (Wildman–Crippen MR) is 132 cm³/mol. The van der Waals surface area contributed by atoms with E-state index in [0.717, 1.165) is 35.2 Å². The van der Waals surface area contributed by atoms with Crippen molar-refractivity contribution < 1.29 is 0 Å². The first-order valence-corrected chi connectivity index (χ1v) is 11.3. The number of nitrogens with two attached hydrogens (primary N) is 1. The normalized spacial score (nSPS) is 11.2. The number of hydrogen-bond acceptors (Lipinski definition) is 7. The van der Waals surface area contributed by atoms with E-state index in [1.807, 2.05) is 32.0 Å². The number of rotatable bonds is 8. The van der Waals surface area contributed by atoms with E-state index in [0.29, 0.717) is 47.4 Å². The summed E-state index contributed by atoms with van der Waals surface area (Å²) in [6.07, 6.45) is 6.71. The maximum absolute atomic E-state index is 13.6. The van der Waals surface area contributed by atoms with Crippen molar-refractivity contribution in [3.05, 3.63) is 63.9 Å². The van der Waals surface area contributed by atoms with Crippen LogP contribution < -0.4 is 16.6 Å². The molecule has 3 heterocycles. The first-order valence-electron chi connectivity index (χ1n) is 10.9. The van der Waals surface area contributed by atoms with Crippen LogP contribution in [0.25, 0.3) is 33.4 Å². The van der Waals surface area contributed by atoms with Crippen LogP contribution in [0.2, 0.25) is 5.02 Å². The third-order valence-corrected chi connectivity index (χ3v) is 5.62. The lowest BCUT2D eigenvalue weighted by Crippen LogP contribution is -2.24. The monoisotopic (exact) mass is 463 g/mol. The average molecular weight is 464 g/mol. The molecule has 1 aromatic carbocycles. The van der Waals surface area contributed by atoms with Gasteiger partial charge in [-0.2, -0.15) is 4.98 Å². The minimum Gasteiger partial charge on any atom is -0.354 e.